The van der Waals surface area contributed by atoms with E-state index in [2.05, 4.69) is 9.99 Å². The highest BCUT2D eigenvalue weighted by atomic mass is 17.2. The molecule has 0 bridgehead atoms. The predicted molar refractivity (Wildman–Crippen MR) is 98.5 cm³/mol. The third-order valence-corrected chi connectivity index (χ3v) is 3.40. The number of hydrogen-bond donors (Lipinski definition) is 0. The molecule has 0 aliphatic carbocycles. The summed E-state index contributed by atoms with van der Waals surface area (Å²) in [5, 5.41) is 3.73. The van der Waals surface area contributed by atoms with Crippen molar-refractivity contribution >= 4 is 6.21 Å². The van der Waals surface area contributed by atoms with E-state index in [4.69, 9.17) is 14.5 Å². The minimum atomic E-state index is 0.544. The molecular formula is C20H23NO4. The zero-order valence-corrected chi connectivity index (χ0v) is 15.0. The third kappa shape index (κ3) is 5.57. The molecule has 0 saturated heterocycles. The lowest BCUT2D eigenvalue weighted by Crippen LogP contribution is -2.04. The van der Waals surface area contributed by atoms with Crippen molar-refractivity contribution in [3.63, 3.8) is 0 Å². The van der Waals surface area contributed by atoms with Gasteiger partial charge in [-0.15, -0.1) is 0 Å². The van der Waals surface area contributed by atoms with Crippen LogP contribution >= 0.6 is 0 Å². The van der Waals surface area contributed by atoms with Gasteiger partial charge < -0.3 is 9.57 Å². The molecule has 0 spiro atoms. The Kier molecular flexibility index (Phi) is 6.89. The average Bonchev–Trinajstić information content (AvgIpc) is 2.60. The first-order chi connectivity index (χ1) is 12.1. The SMILES string of the molecule is C/C=C/COc1cc(C)c(OOc2cccc(/C=N/OC)c2)c(C)c1. The first-order valence-electron chi connectivity index (χ1n) is 8.00. The Labute approximate surface area is 148 Å². The van der Waals surface area contributed by atoms with Gasteiger partial charge >= 0.3 is 0 Å². The molecule has 5 nitrogen and oxygen atoms in total. The summed E-state index contributed by atoms with van der Waals surface area (Å²) >= 11 is 0. The molecule has 0 unspecified atom stereocenters. The molecule has 0 aromatic heterocycles. The number of aryl methyl sites for hydroxylation is 2. The molecule has 2 aromatic carbocycles. The number of oxime groups is 1. The van der Waals surface area contributed by atoms with E-state index in [1.54, 1.807) is 6.21 Å². The number of hydrogen-bond acceptors (Lipinski definition) is 5. The molecule has 2 rings (SSSR count). The monoisotopic (exact) mass is 341 g/mol. The first kappa shape index (κ1) is 18.4. The van der Waals surface area contributed by atoms with E-state index in [0.717, 1.165) is 22.4 Å². The van der Waals surface area contributed by atoms with Gasteiger partial charge in [0, 0.05) is 11.1 Å². The van der Waals surface area contributed by atoms with Gasteiger partial charge in [0.2, 0.25) is 0 Å². The quantitative estimate of drug-likeness (QED) is 0.304. The molecule has 2 aromatic rings. The van der Waals surface area contributed by atoms with Crippen molar-refractivity contribution in [3.05, 3.63) is 65.2 Å². The van der Waals surface area contributed by atoms with E-state index in [-0.39, 0.29) is 0 Å². The molecule has 0 heterocycles. The summed E-state index contributed by atoms with van der Waals surface area (Å²) in [6.07, 6.45) is 5.51. The zero-order chi connectivity index (χ0) is 18.1. The van der Waals surface area contributed by atoms with Gasteiger partial charge in [0.05, 0.1) is 6.21 Å². The van der Waals surface area contributed by atoms with Gasteiger partial charge in [-0.1, -0.05) is 29.4 Å². The van der Waals surface area contributed by atoms with Gasteiger partial charge in [-0.3, -0.25) is 9.78 Å². The van der Waals surface area contributed by atoms with Crippen molar-refractivity contribution in [2.45, 2.75) is 20.8 Å². The lowest BCUT2D eigenvalue weighted by atomic mass is 10.1. The molecular weight excluding hydrogens is 318 g/mol. The van der Waals surface area contributed by atoms with E-state index >= 15 is 0 Å². The maximum atomic E-state index is 5.67. The lowest BCUT2D eigenvalue weighted by Gasteiger charge is -2.13. The number of ether oxygens (including phenoxy) is 1. The van der Waals surface area contributed by atoms with Crippen LogP contribution in [0.1, 0.15) is 23.6 Å². The van der Waals surface area contributed by atoms with Crippen molar-refractivity contribution < 1.29 is 19.3 Å². The summed E-state index contributed by atoms with van der Waals surface area (Å²) in [6, 6.07) is 11.2. The van der Waals surface area contributed by atoms with Crippen LogP contribution in [0.15, 0.2) is 53.7 Å². The van der Waals surface area contributed by atoms with Crippen molar-refractivity contribution in [1.29, 1.82) is 0 Å². The van der Waals surface area contributed by atoms with E-state index in [9.17, 15) is 0 Å². The zero-order valence-electron chi connectivity index (χ0n) is 15.0. The predicted octanol–water partition coefficient (Wildman–Crippen LogP) is 4.61. The molecule has 0 aliphatic heterocycles. The lowest BCUT2D eigenvalue weighted by molar-refractivity contribution is -0.101. The Morgan fingerprint density at radius 1 is 1.00 bits per heavy atom. The van der Waals surface area contributed by atoms with Crippen LogP contribution in [0.25, 0.3) is 0 Å². The maximum Gasteiger partial charge on any atom is 0.184 e. The van der Waals surface area contributed by atoms with Gasteiger partial charge in [-0.05, 0) is 50.6 Å². The van der Waals surface area contributed by atoms with Gasteiger partial charge in [0.25, 0.3) is 0 Å². The number of nitrogens with zero attached hydrogens (tertiary/aromatic N) is 1. The maximum absolute atomic E-state index is 5.67. The molecule has 0 amide bonds. The largest absolute Gasteiger partial charge is 0.490 e. The molecule has 0 aliphatic rings. The molecule has 132 valence electrons. The Morgan fingerprint density at radius 3 is 2.44 bits per heavy atom. The third-order valence-electron chi connectivity index (χ3n) is 3.40. The molecule has 0 N–H and O–H groups in total. The Hall–Kier alpha value is -2.95. The molecule has 5 heteroatoms. The summed E-state index contributed by atoms with van der Waals surface area (Å²) in [6.45, 7) is 6.41. The van der Waals surface area contributed by atoms with Gasteiger partial charge in [0.15, 0.2) is 11.5 Å². The van der Waals surface area contributed by atoms with Crippen LogP contribution in [0.2, 0.25) is 0 Å². The normalized spacial score (nSPS) is 11.0. The fourth-order valence-electron chi connectivity index (χ4n) is 2.22. The van der Waals surface area contributed by atoms with Crippen molar-refractivity contribution in [3.8, 4) is 17.2 Å². The van der Waals surface area contributed by atoms with Gasteiger partial charge in [-0.2, -0.15) is 0 Å². The van der Waals surface area contributed by atoms with E-state index in [0.29, 0.717) is 18.1 Å². The Balaban J connectivity index is 2.06. The van der Waals surface area contributed by atoms with Crippen LogP contribution < -0.4 is 14.5 Å². The van der Waals surface area contributed by atoms with Crippen LogP contribution in [0.4, 0.5) is 0 Å². The average molecular weight is 341 g/mol. The van der Waals surface area contributed by atoms with Gasteiger partial charge in [0.1, 0.15) is 19.5 Å². The van der Waals surface area contributed by atoms with E-state index in [1.165, 1.54) is 7.11 Å². The molecule has 25 heavy (non-hydrogen) atoms. The molecule has 0 radical (unpaired) electrons. The summed E-state index contributed by atoms with van der Waals surface area (Å²) in [4.78, 5) is 15.7. The fraction of sp³-hybridized carbons (Fsp3) is 0.250. The van der Waals surface area contributed by atoms with Crippen molar-refractivity contribution in [2.75, 3.05) is 13.7 Å². The van der Waals surface area contributed by atoms with Gasteiger partial charge in [-0.25, -0.2) is 0 Å². The molecule has 0 atom stereocenters. The minimum absolute atomic E-state index is 0.544. The second kappa shape index (κ2) is 9.37. The fourth-order valence-corrected chi connectivity index (χ4v) is 2.22. The van der Waals surface area contributed by atoms with Crippen LogP contribution in [-0.2, 0) is 4.84 Å². The summed E-state index contributed by atoms with van der Waals surface area (Å²) < 4.78 is 5.67. The summed E-state index contributed by atoms with van der Waals surface area (Å²) in [5.74, 6) is 2.06. The Bertz CT molecular complexity index is 730. The smallest absolute Gasteiger partial charge is 0.184 e. The van der Waals surface area contributed by atoms with Crippen LogP contribution in [0, 0.1) is 13.8 Å². The molecule has 0 fully saturated rings. The summed E-state index contributed by atoms with van der Waals surface area (Å²) in [7, 11) is 1.50. The van der Waals surface area contributed by atoms with Crippen LogP contribution in [0.3, 0.4) is 0 Å². The topological polar surface area (TPSA) is 49.3 Å². The second-order valence-electron chi connectivity index (χ2n) is 5.42. The highest BCUT2D eigenvalue weighted by molar-refractivity contribution is 5.79. The minimum Gasteiger partial charge on any atom is -0.490 e. The van der Waals surface area contributed by atoms with Crippen molar-refractivity contribution in [1.82, 2.24) is 0 Å². The standard InChI is InChI=1S/C20H23NO4/c1-5-6-10-23-19-11-15(2)20(16(3)12-19)25-24-18-9-7-8-17(13-18)14-21-22-4/h5-9,11-14H,10H2,1-4H3/b6-5+,21-14+. The van der Waals surface area contributed by atoms with E-state index < -0.39 is 0 Å². The highest BCUT2D eigenvalue weighted by Gasteiger charge is 2.09. The van der Waals surface area contributed by atoms with Crippen molar-refractivity contribution in [2.24, 2.45) is 5.16 Å². The molecule has 0 saturated carbocycles. The number of allylic oxidation sites excluding steroid dienone is 1. The first-order valence-corrected chi connectivity index (χ1v) is 8.00. The van der Waals surface area contributed by atoms with Crippen LogP contribution in [0.5, 0.6) is 17.2 Å². The van der Waals surface area contributed by atoms with E-state index in [1.807, 2.05) is 69.3 Å². The Morgan fingerprint density at radius 2 is 1.76 bits per heavy atom. The number of benzene rings is 2. The second-order valence-corrected chi connectivity index (χ2v) is 5.42. The van der Waals surface area contributed by atoms with Crippen LogP contribution in [-0.4, -0.2) is 19.9 Å². The number of rotatable bonds is 8. The summed E-state index contributed by atoms with van der Waals surface area (Å²) in [5.41, 5.74) is 2.73. The highest BCUT2D eigenvalue weighted by Crippen LogP contribution is 2.29.